The minimum absolute atomic E-state index is 0.229. The molecule has 0 saturated heterocycles. The monoisotopic (exact) mass is 288 g/mol. The number of rotatable bonds is 7. The Morgan fingerprint density at radius 1 is 1.38 bits per heavy atom. The van der Waals surface area contributed by atoms with Crippen molar-refractivity contribution in [1.29, 1.82) is 0 Å². The summed E-state index contributed by atoms with van der Waals surface area (Å²) in [5.74, 6) is 0.389. The lowest BCUT2D eigenvalue weighted by Gasteiger charge is -2.15. The number of methoxy groups -OCH3 is 1. The Morgan fingerprint density at radius 2 is 2.14 bits per heavy atom. The highest BCUT2D eigenvalue weighted by Crippen LogP contribution is 2.16. The molecular weight excluding hydrogens is 268 g/mol. The van der Waals surface area contributed by atoms with Gasteiger partial charge < -0.3 is 14.6 Å². The second-order valence-corrected chi connectivity index (χ2v) is 4.80. The number of esters is 1. The van der Waals surface area contributed by atoms with Crippen molar-refractivity contribution >= 4 is 5.97 Å². The summed E-state index contributed by atoms with van der Waals surface area (Å²) >= 11 is 0. The van der Waals surface area contributed by atoms with Gasteiger partial charge in [0.15, 0.2) is 0 Å². The van der Waals surface area contributed by atoms with E-state index < -0.39 is 0 Å². The predicted octanol–water partition coefficient (Wildman–Crippen LogP) is 0.904. The van der Waals surface area contributed by atoms with Gasteiger partial charge in [0.25, 0.3) is 0 Å². The Bertz CT molecular complexity index is 568. The number of benzene rings is 1. The van der Waals surface area contributed by atoms with Crippen LogP contribution in [0.15, 0.2) is 36.7 Å². The molecule has 1 aromatic heterocycles. The van der Waals surface area contributed by atoms with Crippen molar-refractivity contribution in [3.63, 3.8) is 0 Å². The van der Waals surface area contributed by atoms with Gasteiger partial charge in [-0.2, -0.15) is 0 Å². The fourth-order valence-corrected chi connectivity index (χ4v) is 2.14. The fourth-order valence-electron chi connectivity index (χ4n) is 2.14. The molecule has 1 atom stereocenters. The van der Waals surface area contributed by atoms with Gasteiger partial charge in [0.1, 0.15) is 12.2 Å². The minimum Gasteiger partial charge on any atom is -0.469 e. The second kappa shape index (κ2) is 7.54. The van der Waals surface area contributed by atoms with E-state index in [-0.39, 0.29) is 11.9 Å². The zero-order chi connectivity index (χ0) is 15.1. The highest BCUT2D eigenvalue weighted by molar-refractivity contribution is 5.78. The van der Waals surface area contributed by atoms with Gasteiger partial charge in [0, 0.05) is 26.6 Å². The van der Waals surface area contributed by atoms with Crippen molar-refractivity contribution in [1.82, 2.24) is 20.1 Å². The van der Waals surface area contributed by atoms with Crippen molar-refractivity contribution < 1.29 is 9.53 Å². The van der Waals surface area contributed by atoms with Gasteiger partial charge in [-0.25, -0.2) is 0 Å². The van der Waals surface area contributed by atoms with Gasteiger partial charge in [-0.1, -0.05) is 30.3 Å². The molecule has 6 heteroatoms. The normalized spacial score (nSPS) is 12.1. The number of hydrogen-bond acceptors (Lipinski definition) is 5. The molecular formula is C15H20N4O2. The standard InChI is InChI=1S/C15H20N4O2/c1-19-11-17-18-14(19)8-9-16-10-13(15(20)21-2)12-6-4-3-5-7-12/h3-7,11,13,16H,8-10H2,1-2H3. The predicted molar refractivity (Wildman–Crippen MR) is 78.8 cm³/mol. The largest absolute Gasteiger partial charge is 0.469 e. The Morgan fingerprint density at radius 3 is 2.76 bits per heavy atom. The van der Waals surface area contributed by atoms with Crippen LogP contribution in [0.2, 0.25) is 0 Å². The lowest BCUT2D eigenvalue weighted by atomic mass is 9.99. The number of nitrogens with one attached hydrogen (secondary N) is 1. The van der Waals surface area contributed by atoms with E-state index in [4.69, 9.17) is 4.74 Å². The van der Waals surface area contributed by atoms with Crippen LogP contribution in [0.1, 0.15) is 17.3 Å². The summed E-state index contributed by atoms with van der Waals surface area (Å²) in [7, 11) is 3.33. The van der Waals surface area contributed by atoms with Gasteiger partial charge in [-0.3, -0.25) is 4.79 Å². The molecule has 1 heterocycles. The lowest BCUT2D eigenvalue weighted by molar-refractivity contribution is -0.142. The van der Waals surface area contributed by atoms with E-state index in [2.05, 4.69) is 15.5 Å². The first kappa shape index (κ1) is 15.2. The summed E-state index contributed by atoms with van der Waals surface area (Å²) in [6, 6.07) is 9.65. The summed E-state index contributed by atoms with van der Waals surface area (Å²) in [4.78, 5) is 11.9. The van der Waals surface area contributed by atoms with Crippen LogP contribution in [0.3, 0.4) is 0 Å². The summed E-state index contributed by atoms with van der Waals surface area (Å²) < 4.78 is 6.77. The number of carbonyl (C=O) groups is 1. The van der Waals surface area contributed by atoms with E-state index in [0.29, 0.717) is 6.54 Å². The van der Waals surface area contributed by atoms with Crippen LogP contribution in [-0.2, 0) is 23.0 Å². The topological polar surface area (TPSA) is 69.0 Å². The third kappa shape index (κ3) is 4.13. The van der Waals surface area contributed by atoms with E-state index in [1.807, 2.05) is 41.9 Å². The summed E-state index contributed by atoms with van der Waals surface area (Å²) in [6.07, 6.45) is 2.44. The molecule has 21 heavy (non-hydrogen) atoms. The molecule has 2 aromatic rings. The van der Waals surface area contributed by atoms with Crippen LogP contribution >= 0.6 is 0 Å². The van der Waals surface area contributed by atoms with E-state index in [1.54, 1.807) is 6.33 Å². The number of nitrogens with zero attached hydrogens (tertiary/aromatic N) is 3. The molecule has 1 unspecified atom stereocenters. The van der Waals surface area contributed by atoms with E-state index in [1.165, 1.54) is 7.11 Å². The molecule has 0 aliphatic heterocycles. The van der Waals surface area contributed by atoms with Crippen LogP contribution < -0.4 is 5.32 Å². The minimum atomic E-state index is -0.296. The van der Waals surface area contributed by atoms with Gasteiger partial charge in [0.05, 0.1) is 13.0 Å². The Kier molecular flexibility index (Phi) is 5.45. The first-order chi connectivity index (χ1) is 10.2. The maximum absolute atomic E-state index is 11.9. The van der Waals surface area contributed by atoms with E-state index in [0.717, 1.165) is 24.4 Å². The Hall–Kier alpha value is -2.21. The number of aryl methyl sites for hydroxylation is 1. The Balaban J connectivity index is 1.88. The van der Waals surface area contributed by atoms with Crippen LogP contribution in [0, 0.1) is 0 Å². The van der Waals surface area contributed by atoms with Crippen molar-refractivity contribution in [2.45, 2.75) is 12.3 Å². The molecule has 0 bridgehead atoms. The van der Waals surface area contributed by atoms with Gasteiger partial charge >= 0.3 is 5.97 Å². The van der Waals surface area contributed by atoms with Crippen molar-refractivity contribution in [3.05, 3.63) is 48.0 Å². The van der Waals surface area contributed by atoms with Gasteiger partial charge in [-0.05, 0) is 5.56 Å². The number of hydrogen-bond donors (Lipinski definition) is 1. The third-order valence-corrected chi connectivity index (χ3v) is 3.37. The van der Waals surface area contributed by atoms with Crippen molar-refractivity contribution in [2.75, 3.05) is 20.2 Å². The molecule has 0 fully saturated rings. The molecule has 0 spiro atoms. The highest BCUT2D eigenvalue weighted by atomic mass is 16.5. The maximum Gasteiger partial charge on any atom is 0.314 e. The quantitative estimate of drug-likeness (QED) is 0.605. The summed E-state index contributed by atoms with van der Waals surface area (Å²) in [6.45, 7) is 1.27. The number of carbonyl (C=O) groups excluding carboxylic acids is 1. The van der Waals surface area contributed by atoms with Crippen LogP contribution in [0.25, 0.3) is 0 Å². The molecule has 6 nitrogen and oxygen atoms in total. The average molecular weight is 288 g/mol. The molecule has 1 N–H and O–H groups in total. The molecule has 0 saturated carbocycles. The zero-order valence-corrected chi connectivity index (χ0v) is 12.3. The van der Waals surface area contributed by atoms with Crippen LogP contribution in [0.4, 0.5) is 0 Å². The number of aromatic nitrogens is 3. The Labute approximate surface area is 124 Å². The average Bonchev–Trinajstić information content (AvgIpc) is 2.93. The highest BCUT2D eigenvalue weighted by Gasteiger charge is 2.20. The molecule has 0 aliphatic carbocycles. The first-order valence-corrected chi connectivity index (χ1v) is 6.88. The first-order valence-electron chi connectivity index (χ1n) is 6.88. The van der Waals surface area contributed by atoms with Crippen molar-refractivity contribution in [3.8, 4) is 0 Å². The summed E-state index contributed by atoms with van der Waals surface area (Å²) in [5.41, 5.74) is 0.954. The van der Waals surface area contributed by atoms with Crippen LogP contribution in [-0.4, -0.2) is 40.9 Å². The fraction of sp³-hybridized carbons (Fsp3) is 0.400. The second-order valence-electron chi connectivity index (χ2n) is 4.80. The zero-order valence-electron chi connectivity index (χ0n) is 12.3. The molecule has 1 aromatic carbocycles. The molecule has 2 rings (SSSR count). The molecule has 0 amide bonds. The van der Waals surface area contributed by atoms with Gasteiger partial charge in [-0.15, -0.1) is 10.2 Å². The molecule has 0 radical (unpaired) electrons. The van der Waals surface area contributed by atoms with Crippen molar-refractivity contribution in [2.24, 2.45) is 7.05 Å². The van der Waals surface area contributed by atoms with E-state index >= 15 is 0 Å². The van der Waals surface area contributed by atoms with Gasteiger partial charge in [0.2, 0.25) is 0 Å². The smallest absolute Gasteiger partial charge is 0.314 e. The number of ether oxygens (including phenoxy) is 1. The maximum atomic E-state index is 11.9. The molecule has 112 valence electrons. The molecule has 0 aliphatic rings. The summed E-state index contributed by atoms with van der Waals surface area (Å²) in [5, 5.41) is 11.1. The van der Waals surface area contributed by atoms with E-state index in [9.17, 15) is 4.79 Å². The lowest BCUT2D eigenvalue weighted by Crippen LogP contribution is -2.29. The SMILES string of the molecule is COC(=O)C(CNCCc1nncn1C)c1ccccc1. The van der Waals surface area contributed by atoms with Crippen LogP contribution in [0.5, 0.6) is 0 Å². The third-order valence-electron chi connectivity index (χ3n) is 3.37.